The van der Waals surface area contributed by atoms with E-state index in [1.165, 1.54) is 10.9 Å². The lowest BCUT2D eigenvalue weighted by Crippen LogP contribution is -2.51. The van der Waals surface area contributed by atoms with Crippen LogP contribution in [0.3, 0.4) is 0 Å². The van der Waals surface area contributed by atoms with Gasteiger partial charge in [-0.25, -0.2) is 18.4 Å². The number of thiophene rings is 1. The van der Waals surface area contributed by atoms with Gasteiger partial charge in [-0.1, -0.05) is 13.8 Å². The van der Waals surface area contributed by atoms with E-state index in [1.54, 1.807) is 11.3 Å². The van der Waals surface area contributed by atoms with E-state index in [-0.39, 0.29) is 6.04 Å². The lowest BCUT2D eigenvalue weighted by Gasteiger charge is -2.38. The van der Waals surface area contributed by atoms with Crippen LogP contribution in [0.2, 0.25) is 0 Å². The predicted octanol–water partition coefficient (Wildman–Crippen LogP) is 2.51. The van der Waals surface area contributed by atoms with Crippen LogP contribution in [0.25, 0.3) is 10.2 Å². The third-order valence-corrected chi connectivity index (χ3v) is 8.24. The SMILES string of the molecule is Cc1nc(N2CCN(C3CCS(=O)(=O)C3)CC2)c2c(CC(C)C)csc2n1. The predicted molar refractivity (Wildman–Crippen MR) is 112 cm³/mol. The van der Waals surface area contributed by atoms with Gasteiger partial charge in [0.25, 0.3) is 0 Å². The minimum atomic E-state index is -2.83. The Labute approximate surface area is 165 Å². The lowest BCUT2D eigenvalue weighted by molar-refractivity contribution is 0.200. The molecule has 2 aromatic rings. The van der Waals surface area contributed by atoms with Crippen LogP contribution in [0, 0.1) is 12.8 Å². The van der Waals surface area contributed by atoms with Crippen LogP contribution >= 0.6 is 11.3 Å². The van der Waals surface area contributed by atoms with Gasteiger partial charge in [0.15, 0.2) is 9.84 Å². The third kappa shape index (κ3) is 3.98. The Kier molecular flexibility index (Phi) is 5.16. The highest BCUT2D eigenvalue weighted by Crippen LogP contribution is 2.34. The summed E-state index contributed by atoms with van der Waals surface area (Å²) in [5.41, 5.74) is 1.35. The quantitative estimate of drug-likeness (QED) is 0.774. The highest BCUT2D eigenvalue weighted by atomic mass is 32.2. The van der Waals surface area contributed by atoms with Crippen LogP contribution in [0.5, 0.6) is 0 Å². The number of aromatic nitrogens is 2. The maximum atomic E-state index is 11.8. The van der Waals surface area contributed by atoms with Crippen molar-refractivity contribution in [1.82, 2.24) is 14.9 Å². The average molecular weight is 409 g/mol. The molecule has 0 aliphatic carbocycles. The zero-order valence-electron chi connectivity index (χ0n) is 16.3. The van der Waals surface area contributed by atoms with Gasteiger partial charge in [-0.15, -0.1) is 11.3 Å². The molecule has 27 heavy (non-hydrogen) atoms. The number of aryl methyl sites for hydroxylation is 1. The molecule has 0 N–H and O–H groups in total. The van der Waals surface area contributed by atoms with E-state index in [1.807, 2.05) is 6.92 Å². The molecule has 0 saturated carbocycles. The Morgan fingerprint density at radius 2 is 1.96 bits per heavy atom. The zero-order chi connectivity index (χ0) is 19.2. The number of anilines is 1. The fourth-order valence-corrected chi connectivity index (χ4v) is 7.02. The van der Waals surface area contributed by atoms with E-state index in [4.69, 9.17) is 4.98 Å². The number of fused-ring (bicyclic) bond motifs is 1. The summed E-state index contributed by atoms with van der Waals surface area (Å²) >= 11 is 1.71. The monoisotopic (exact) mass is 408 g/mol. The van der Waals surface area contributed by atoms with Gasteiger partial charge in [0.2, 0.25) is 0 Å². The topological polar surface area (TPSA) is 66.4 Å². The van der Waals surface area contributed by atoms with Gasteiger partial charge in [0.05, 0.1) is 16.9 Å². The normalized spacial score (nSPS) is 23.6. The van der Waals surface area contributed by atoms with Crippen molar-refractivity contribution in [2.45, 2.75) is 39.7 Å². The summed E-state index contributed by atoms with van der Waals surface area (Å²) in [6.07, 6.45) is 1.82. The first-order chi connectivity index (χ1) is 12.8. The zero-order valence-corrected chi connectivity index (χ0v) is 17.9. The summed E-state index contributed by atoms with van der Waals surface area (Å²) in [5, 5.41) is 3.46. The maximum Gasteiger partial charge on any atom is 0.151 e. The van der Waals surface area contributed by atoms with Gasteiger partial charge < -0.3 is 4.90 Å². The second-order valence-electron chi connectivity index (χ2n) is 8.21. The molecule has 4 rings (SSSR count). The Balaban J connectivity index is 1.56. The summed E-state index contributed by atoms with van der Waals surface area (Å²) in [6.45, 7) is 10.0. The molecule has 0 spiro atoms. The van der Waals surface area contributed by atoms with E-state index in [2.05, 4.69) is 34.0 Å². The number of hydrogen-bond donors (Lipinski definition) is 0. The van der Waals surface area contributed by atoms with Crippen molar-refractivity contribution in [2.75, 3.05) is 42.6 Å². The van der Waals surface area contributed by atoms with Crippen LogP contribution in [0.15, 0.2) is 5.38 Å². The van der Waals surface area contributed by atoms with Gasteiger partial charge in [0.1, 0.15) is 16.5 Å². The van der Waals surface area contributed by atoms with Crippen LogP contribution < -0.4 is 4.90 Å². The van der Waals surface area contributed by atoms with E-state index in [0.29, 0.717) is 17.4 Å². The molecular formula is C19H28N4O2S2. The standard InChI is InChI=1S/C19H28N4O2S2/c1-13(2)10-15-11-26-19-17(15)18(20-14(3)21-19)23-7-5-22(6-8-23)16-4-9-27(24,25)12-16/h11,13,16H,4-10,12H2,1-3H3. The van der Waals surface area contributed by atoms with Crippen LogP contribution in [-0.2, 0) is 16.3 Å². The molecule has 0 amide bonds. The molecular weight excluding hydrogens is 380 g/mol. The van der Waals surface area contributed by atoms with Crippen LogP contribution in [0.1, 0.15) is 31.7 Å². The van der Waals surface area contributed by atoms with Gasteiger partial charge >= 0.3 is 0 Å². The second kappa shape index (κ2) is 7.29. The Morgan fingerprint density at radius 3 is 2.59 bits per heavy atom. The largest absolute Gasteiger partial charge is 0.353 e. The van der Waals surface area contributed by atoms with E-state index in [9.17, 15) is 8.42 Å². The molecule has 2 aromatic heterocycles. The molecule has 6 nitrogen and oxygen atoms in total. The fourth-order valence-electron chi connectivity index (χ4n) is 4.27. The summed E-state index contributed by atoms with van der Waals surface area (Å²) in [4.78, 5) is 15.3. The van der Waals surface area contributed by atoms with Crippen LogP contribution in [0.4, 0.5) is 5.82 Å². The van der Waals surface area contributed by atoms with Gasteiger partial charge in [0, 0.05) is 32.2 Å². The van der Waals surface area contributed by atoms with Gasteiger partial charge in [-0.2, -0.15) is 0 Å². The van der Waals surface area contributed by atoms with Crippen molar-refractivity contribution in [3.05, 3.63) is 16.8 Å². The molecule has 2 saturated heterocycles. The second-order valence-corrected chi connectivity index (χ2v) is 11.3. The number of piperazine rings is 1. The molecule has 2 aliphatic heterocycles. The van der Waals surface area contributed by atoms with E-state index >= 15 is 0 Å². The third-order valence-electron chi connectivity index (χ3n) is 5.57. The Bertz CT molecular complexity index is 931. The van der Waals surface area contributed by atoms with Gasteiger partial charge in [-0.05, 0) is 36.6 Å². The van der Waals surface area contributed by atoms with Crippen molar-refractivity contribution < 1.29 is 8.42 Å². The van der Waals surface area contributed by atoms with Crippen molar-refractivity contribution in [1.29, 1.82) is 0 Å². The first-order valence-corrected chi connectivity index (χ1v) is 12.5. The molecule has 8 heteroatoms. The molecule has 148 valence electrons. The number of sulfone groups is 1. The first kappa shape index (κ1) is 19.1. The van der Waals surface area contributed by atoms with Crippen molar-refractivity contribution >= 4 is 37.2 Å². The smallest absolute Gasteiger partial charge is 0.151 e. The van der Waals surface area contributed by atoms with E-state index in [0.717, 1.165) is 55.5 Å². The van der Waals surface area contributed by atoms with Gasteiger partial charge in [-0.3, -0.25) is 4.90 Å². The highest BCUT2D eigenvalue weighted by Gasteiger charge is 2.34. The molecule has 4 heterocycles. The van der Waals surface area contributed by atoms with E-state index < -0.39 is 9.84 Å². The highest BCUT2D eigenvalue weighted by molar-refractivity contribution is 7.91. The minimum absolute atomic E-state index is 0.196. The maximum absolute atomic E-state index is 11.8. The summed E-state index contributed by atoms with van der Waals surface area (Å²) in [7, 11) is -2.83. The summed E-state index contributed by atoms with van der Waals surface area (Å²) in [6, 6.07) is 0.196. The summed E-state index contributed by atoms with van der Waals surface area (Å²) < 4.78 is 23.6. The Hall–Kier alpha value is -1.25. The van der Waals surface area contributed by atoms with Crippen molar-refractivity contribution in [3.8, 4) is 0 Å². The lowest BCUT2D eigenvalue weighted by atomic mass is 10.0. The fraction of sp³-hybridized carbons (Fsp3) is 0.684. The van der Waals surface area contributed by atoms with Crippen LogP contribution in [-0.4, -0.2) is 67.0 Å². The molecule has 0 bridgehead atoms. The number of nitrogens with zero attached hydrogens (tertiary/aromatic N) is 4. The molecule has 0 radical (unpaired) electrons. The van der Waals surface area contributed by atoms with Crippen molar-refractivity contribution in [3.63, 3.8) is 0 Å². The average Bonchev–Trinajstić information content (AvgIpc) is 3.17. The number of hydrogen-bond acceptors (Lipinski definition) is 7. The molecule has 1 unspecified atom stereocenters. The Morgan fingerprint density at radius 1 is 1.22 bits per heavy atom. The summed E-state index contributed by atoms with van der Waals surface area (Å²) in [5.74, 6) is 3.15. The van der Waals surface area contributed by atoms with Crippen molar-refractivity contribution in [2.24, 2.45) is 5.92 Å². The molecule has 0 aromatic carbocycles. The molecule has 2 aliphatic rings. The molecule has 2 fully saturated rings. The minimum Gasteiger partial charge on any atom is -0.353 e. The molecule has 1 atom stereocenters. The first-order valence-electron chi connectivity index (χ1n) is 9.76. The number of rotatable bonds is 4.